The summed E-state index contributed by atoms with van der Waals surface area (Å²) in [6, 6.07) is 11.3. The minimum atomic E-state index is 0.0213. The van der Waals surface area contributed by atoms with E-state index in [1.807, 2.05) is 6.20 Å². The molecule has 0 saturated carbocycles. The molecule has 4 heteroatoms. The average Bonchev–Trinajstić information content (AvgIpc) is 2.89. The van der Waals surface area contributed by atoms with Crippen molar-refractivity contribution in [2.45, 2.75) is 38.9 Å². The van der Waals surface area contributed by atoms with Crippen molar-refractivity contribution >= 4 is 11.3 Å². The highest BCUT2D eigenvalue weighted by Gasteiger charge is 2.35. The van der Waals surface area contributed by atoms with Crippen molar-refractivity contribution in [3.63, 3.8) is 0 Å². The molecule has 2 unspecified atom stereocenters. The Kier molecular flexibility index (Phi) is 4.11. The van der Waals surface area contributed by atoms with Crippen LogP contribution in [0.2, 0.25) is 0 Å². The summed E-state index contributed by atoms with van der Waals surface area (Å²) in [5.41, 5.74) is 1.38. The Balaban J connectivity index is 1.78. The molecule has 1 N–H and O–H groups in total. The average molecular weight is 301 g/mol. The van der Waals surface area contributed by atoms with Gasteiger partial charge in [0.1, 0.15) is 0 Å². The number of piperazine rings is 1. The van der Waals surface area contributed by atoms with Crippen LogP contribution in [0.25, 0.3) is 0 Å². The molecule has 2 atom stereocenters. The number of rotatable bonds is 3. The fourth-order valence-electron chi connectivity index (χ4n) is 3.01. The van der Waals surface area contributed by atoms with Gasteiger partial charge in [-0.3, -0.25) is 4.90 Å². The minimum absolute atomic E-state index is 0.0213. The van der Waals surface area contributed by atoms with Crippen LogP contribution >= 0.6 is 11.3 Å². The van der Waals surface area contributed by atoms with E-state index in [4.69, 9.17) is 0 Å². The van der Waals surface area contributed by atoms with Crippen molar-refractivity contribution in [1.29, 1.82) is 0 Å². The lowest BCUT2D eigenvalue weighted by Gasteiger charge is -2.45. The maximum absolute atomic E-state index is 4.38. The van der Waals surface area contributed by atoms with Crippen molar-refractivity contribution in [1.82, 2.24) is 15.2 Å². The molecule has 0 bridgehead atoms. The second kappa shape index (κ2) is 5.87. The summed E-state index contributed by atoms with van der Waals surface area (Å²) in [6.07, 6.45) is 2.02. The quantitative estimate of drug-likeness (QED) is 0.944. The molecule has 0 amide bonds. The maximum Gasteiger partial charge on any atom is 0.0897 e. The molecule has 1 aliphatic rings. The summed E-state index contributed by atoms with van der Waals surface area (Å²) < 4.78 is 0. The van der Waals surface area contributed by atoms with Crippen LogP contribution in [-0.4, -0.2) is 29.0 Å². The third-order valence-corrected chi connectivity index (χ3v) is 5.27. The number of thiazole rings is 1. The van der Waals surface area contributed by atoms with Crippen LogP contribution in [0, 0.1) is 6.92 Å². The van der Waals surface area contributed by atoms with Gasteiger partial charge in [0.2, 0.25) is 0 Å². The zero-order valence-electron chi connectivity index (χ0n) is 13.0. The van der Waals surface area contributed by atoms with E-state index in [2.05, 4.69) is 66.3 Å². The summed E-state index contributed by atoms with van der Waals surface area (Å²) in [5.74, 6) is 0. The van der Waals surface area contributed by atoms with Crippen LogP contribution in [0.1, 0.15) is 29.3 Å². The molecular formula is C17H23N3S. The maximum atomic E-state index is 4.38. The summed E-state index contributed by atoms with van der Waals surface area (Å²) in [7, 11) is 0. The van der Waals surface area contributed by atoms with Gasteiger partial charge in [-0.05, 0) is 26.3 Å². The van der Waals surface area contributed by atoms with Crippen molar-refractivity contribution in [3.05, 3.63) is 52.0 Å². The molecule has 1 fully saturated rings. The molecule has 1 aliphatic heterocycles. The van der Waals surface area contributed by atoms with Crippen molar-refractivity contribution in [3.8, 4) is 0 Å². The molecule has 3 nitrogen and oxygen atoms in total. The first-order chi connectivity index (χ1) is 10.1. The van der Waals surface area contributed by atoms with Crippen LogP contribution in [0.4, 0.5) is 0 Å². The van der Waals surface area contributed by atoms with Crippen molar-refractivity contribution in [2.24, 2.45) is 0 Å². The first-order valence-electron chi connectivity index (χ1n) is 7.53. The summed E-state index contributed by atoms with van der Waals surface area (Å²) in [5, 5.41) is 4.88. The lowest BCUT2D eigenvalue weighted by atomic mass is 9.88. The first-order valence-corrected chi connectivity index (χ1v) is 8.34. The Morgan fingerprint density at radius 2 is 2.14 bits per heavy atom. The number of aromatic nitrogens is 1. The van der Waals surface area contributed by atoms with Gasteiger partial charge >= 0.3 is 0 Å². The first kappa shape index (κ1) is 14.7. The topological polar surface area (TPSA) is 28.2 Å². The van der Waals surface area contributed by atoms with Crippen LogP contribution in [0.5, 0.6) is 0 Å². The van der Waals surface area contributed by atoms with E-state index in [-0.39, 0.29) is 5.54 Å². The Labute approximate surface area is 131 Å². The zero-order valence-corrected chi connectivity index (χ0v) is 13.8. The number of benzene rings is 1. The second-order valence-electron chi connectivity index (χ2n) is 6.18. The smallest absolute Gasteiger partial charge is 0.0897 e. The van der Waals surface area contributed by atoms with Crippen molar-refractivity contribution < 1.29 is 0 Å². The van der Waals surface area contributed by atoms with Gasteiger partial charge in [-0.1, -0.05) is 30.3 Å². The third-order valence-electron chi connectivity index (χ3n) is 4.37. The van der Waals surface area contributed by atoms with Crippen LogP contribution < -0.4 is 5.32 Å². The van der Waals surface area contributed by atoms with Gasteiger partial charge < -0.3 is 5.32 Å². The molecule has 21 heavy (non-hydrogen) atoms. The number of nitrogens with zero attached hydrogens (tertiary/aromatic N) is 2. The monoisotopic (exact) mass is 301 g/mol. The molecule has 112 valence electrons. The lowest BCUT2D eigenvalue weighted by molar-refractivity contribution is 0.0887. The third kappa shape index (κ3) is 3.18. The van der Waals surface area contributed by atoms with Gasteiger partial charge in [0.05, 0.1) is 10.5 Å². The van der Waals surface area contributed by atoms with Gasteiger partial charge in [0.25, 0.3) is 0 Å². The van der Waals surface area contributed by atoms with E-state index >= 15 is 0 Å². The summed E-state index contributed by atoms with van der Waals surface area (Å²) >= 11 is 1.81. The minimum Gasteiger partial charge on any atom is -0.305 e. The standard InChI is InChI=1S/C17H23N3S/c1-13-9-19-17(3,15-7-5-4-6-8-15)12-20(13)11-16-10-18-14(2)21-16/h4-8,10,13,19H,9,11-12H2,1-3H3. The fraction of sp³-hybridized carbons (Fsp3) is 0.471. The number of hydrogen-bond acceptors (Lipinski definition) is 4. The highest BCUT2D eigenvalue weighted by Crippen LogP contribution is 2.28. The largest absolute Gasteiger partial charge is 0.305 e. The molecule has 1 saturated heterocycles. The van der Waals surface area contributed by atoms with E-state index in [0.717, 1.165) is 24.6 Å². The Bertz CT molecular complexity index is 595. The van der Waals surface area contributed by atoms with E-state index in [9.17, 15) is 0 Å². The zero-order chi connectivity index (χ0) is 14.9. The van der Waals surface area contributed by atoms with Gasteiger partial charge in [-0.25, -0.2) is 4.98 Å². The molecule has 0 aliphatic carbocycles. The Morgan fingerprint density at radius 1 is 1.38 bits per heavy atom. The van der Waals surface area contributed by atoms with E-state index in [0.29, 0.717) is 6.04 Å². The summed E-state index contributed by atoms with van der Waals surface area (Å²) in [4.78, 5) is 8.30. The van der Waals surface area contributed by atoms with E-state index in [1.54, 1.807) is 11.3 Å². The van der Waals surface area contributed by atoms with Crippen molar-refractivity contribution in [2.75, 3.05) is 13.1 Å². The van der Waals surface area contributed by atoms with Crippen LogP contribution in [0.15, 0.2) is 36.5 Å². The highest BCUT2D eigenvalue weighted by atomic mass is 32.1. The van der Waals surface area contributed by atoms with Gasteiger partial charge in [0, 0.05) is 36.8 Å². The Morgan fingerprint density at radius 3 is 2.81 bits per heavy atom. The molecule has 0 radical (unpaired) electrons. The van der Waals surface area contributed by atoms with E-state index in [1.165, 1.54) is 10.4 Å². The SMILES string of the molecule is Cc1ncc(CN2CC(C)(c3ccccc3)NCC2C)s1. The van der Waals surface area contributed by atoms with Gasteiger partial charge in [-0.15, -0.1) is 11.3 Å². The van der Waals surface area contributed by atoms with E-state index < -0.39 is 0 Å². The molecule has 1 aromatic carbocycles. The van der Waals surface area contributed by atoms with Gasteiger partial charge in [0.15, 0.2) is 0 Å². The summed E-state index contributed by atoms with van der Waals surface area (Å²) in [6.45, 7) is 9.71. The second-order valence-corrected chi connectivity index (χ2v) is 7.50. The molecule has 2 aromatic rings. The molecule has 2 heterocycles. The number of hydrogen-bond donors (Lipinski definition) is 1. The van der Waals surface area contributed by atoms with Crippen LogP contribution in [0.3, 0.4) is 0 Å². The molecule has 0 spiro atoms. The number of nitrogens with one attached hydrogen (secondary N) is 1. The predicted octanol–water partition coefficient (Wildman–Crippen LogP) is 3.16. The predicted molar refractivity (Wildman–Crippen MR) is 88.5 cm³/mol. The van der Waals surface area contributed by atoms with Gasteiger partial charge in [-0.2, -0.15) is 0 Å². The molecular weight excluding hydrogens is 278 g/mol. The number of aryl methyl sites for hydroxylation is 1. The normalized spacial score (nSPS) is 26.9. The highest BCUT2D eigenvalue weighted by molar-refractivity contribution is 7.11. The molecule has 1 aromatic heterocycles. The lowest BCUT2D eigenvalue weighted by Crippen LogP contribution is -2.59. The van der Waals surface area contributed by atoms with Crippen LogP contribution in [-0.2, 0) is 12.1 Å². The molecule has 3 rings (SSSR count). The fourth-order valence-corrected chi connectivity index (χ4v) is 3.83. The Hall–Kier alpha value is -1.23.